The highest BCUT2D eigenvalue weighted by Gasteiger charge is 2.49. The molecule has 0 radical (unpaired) electrons. The summed E-state index contributed by atoms with van der Waals surface area (Å²) in [4.78, 5) is 30.8. The lowest BCUT2D eigenvalue weighted by Crippen LogP contribution is -2.40. The smallest absolute Gasteiger partial charge is 0.325 e. The van der Waals surface area contributed by atoms with Crippen molar-refractivity contribution in [1.82, 2.24) is 20.4 Å². The number of carbonyl (C=O) groups excluding carboxylic acids is 2. The molecule has 1 unspecified atom stereocenters. The monoisotopic (exact) mass is 460 g/mol. The molecule has 142 valence electrons. The molecular weight excluding hydrogens is 448 g/mol. The van der Waals surface area contributed by atoms with Gasteiger partial charge in [-0.05, 0) is 36.8 Å². The van der Waals surface area contributed by atoms with Crippen LogP contribution in [-0.2, 0) is 16.9 Å². The molecule has 1 aliphatic heterocycles. The van der Waals surface area contributed by atoms with Gasteiger partial charge in [0.05, 0.1) is 5.02 Å². The van der Waals surface area contributed by atoms with Crippen molar-refractivity contribution in [2.45, 2.75) is 19.0 Å². The van der Waals surface area contributed by atoms with E-state index in [9.17, 15) is 9.59 Å². The normalized spacial score (nSPS) is 19.2. The second-order valence-corrected chi connectivity index (χ2v) is 7.77. The van der Waals surface area contributed by atoms with Crippen molar-refractivity contribution in [3.05, 3.63) is 69.5 Å². The van der Waals surface area contributed by atoms with Crippen LogP contribution in [0, 0.1) is 0 Å². The Morgan fingerprint density at radius 1 is 1.21 bits per heavy atom. The molecule has 1 N–H and O–H groups in total. The predicted molar refractivity (Wildman–Crippen MR) is 105 cm³/mol. The van der Waals surface area contributed by atoms with Crippen molar-refractivity contribution in [3.8, 4) is 11.4 Å². The number of hydrogen-bond donors (Lipinski definition) is 1. The van der Waals surface area contributed by atoms with Crippen LogP contribution in [-0.4, -0.2) is 27.0 Å². The highest BCUT2D eigenvalue weighted by Crippen LogP contribution is 2.31. The lowest BCUT2D eigenvalue weighted by molar-refractivity contribution is -0.131. The lowest BCUT2D eigenvalue weighted by Gasteiger charge is -2.22. The molecule has 3 aromatic rings. The fourth-order valence-corrected chi connectivity index (χ4v) is 3.66. The Balaban J connectivity index is 1.59. The molecule has 0 bridgehead atoms. The topological polar surface area (TPSA) is 88.3 Å². The third kappa shape index (κ3) is 3.18. The summed E-state index contributed by atoms with van der Waals surface area (Å²) in [5.41, 5.74) is 0.104. The Morgan fingerprint density at radius 3 is 2.75 bits per heavy atom. The molecule has 0 aliphatic carbocycles. The Labute approximate surface area is 173 Å². The molecular formula is C19H14BrClN4O3. The van der Waals surface area contributed by atoms with Crippen molar-refractivity contribution in [3.63, 3.8) is 0 Å². The maximum Gasteiger partial charge on any atom is 0.325 e. The van der Waals surface area contributed by atoms with Gasteiger partial charge in [0, 0.05) is 10.0 Å². The SMILES string of the molecule is CC1(c2cccc(Br)c2)NC(=O)N(Cc2nc(-c3ccccc3Cl)no2)C1=O. The fraction of sp³-hybridized carbons (Fsp3) is 0.158. The van der Waals surface area contributed by atoms with Crippen LogP contribution in [0.1, 0.15) is 18.4 Å². The van der Waals surface area contributed by atoms with E-state index in [0.29, 0.717) is 22.0 Å². The molecule has 0 spiro atoms. The van der Waals surface area contributed by atoms with Crippen LogP contribution < -0.4 is 5.32 Å². The van der Waals surface area contributed by atoms with Crippen molar-refractivity contribution in [2.24, 2.45) is 0 Å². The lowest BCUT2D eigenvalue weighted by atomic mass is 9.92. The Bertz CT molecular complexity index is 1090. The van der Waals surface area contributed by atoms with E-state index in [1.54, 1.807) is 49.4 Å². The Morgan fingerprint density at radius 2 is 2.00 bits per heavy atom. The number of amides is 3. The van der Waals surface area contributed by atoms with E-state index in [1.165, 1.54) is 0 Å². The molecule has 1 atom stereocenters. The van der Waals surface area contributed by atoms with E-state index in [-0.39, 0.29) is 12.4 Å². The number of carbonyl (C=O) groups is 2. The molecule has 7 nitrogen and oxygen atoms in total. The molecule has 1 fully saturated rings. The van der Waals surface area contributed by atoms with Gasteiger partial charge in [-0.2, -0.15) is 4.98 Å². The molecule has 9 heteroatoms. The van der Waals surface area contributed by atoms with E-state index in [0.717, 1.165) is 9.37 Å². The van der Waals surface area contributed by atoms with Crippen LogP contribution in [0.25, 0.3) is 11.4 Å². The zero-order valence-corrected chi connectivity index (χ0v) is 17.0. The summed E-state index contributed by atoms with van der Waals surface area (Å²) >= 11 is 9.53. The van der Waals surface area contributed by atoms with Gasteiger partial charge in [0.25, 0.3) is 5.91 Å². The van der Waals surface area contributed by atoms with Crippen LogP contribution in [0.2, 0.25) is 5.02 Å². The predicted octanol–water partition coefficient (Wildman–Crippen LogP) is 4.12. The van der Waals surface area contributed by atoms with Gasteiger partial charge in [-0.3, -0.25) is 9.69 Å². The van der Waals surface area contributed by atoms with Crippen LogP contribution in [0.5, 0.6) is 0 Å². The quantitative estimate of drug-likeness (QED) is 0.591. The standard InChI is InChI=1S/C19H14BrClN4O3/c1-19(11-5-4-6-12(20)9-11)17(26)25(18(27)23-19)10-15-22-16(24-28-15)13-7-2-3-8-14(13)21/h2-9H,10H2,1H3,(H,23,27). The molecule has 1 aliphatic rings. The van der Waals surface area contributed by atoms with Gasteiger partial charge >= 0.3 is 6.03 Å². The molecule has 1 aromatic heterocycles. The first-order chi connectivity index (χ1) is 13.4. The number of imide groups is 1. The number of hydrogen-bond acceptors (Lipinski definition) is 5. The van der Waals surface area contributed by atoms with E-state index < -0.39 is 17.5 Å². The molecule has 4 rings (SSSR count). The van der Waals surface area contributed by atoms with Crippen LogP contribution in [0.3, 0.4) is 0 Å². The van der Waals surface area contributed by atoms with Crippen LogP contribution in [0.15, 0.2) is 57.5 Å². The fourth-order valence-electron chi connectivity index (χ4n) is 3.04. The number of halogens is 2. The molecule has 3 amide bonds. The van der Waals surface area contributed by atoms with Gasteiger partial charge in [-0.1, -0.05) is 57.0 Å². The Kier molecular flexibility index (Phi) is 4.68. The summed E-state index contributed by atoms with van der Waals surface area (Å²) in [5, 5.41) is 7.12. The third-order valence-electron chi connectivity index (χ3n) is 4.55. The van der Waals surface area contributed by atoms with Crippen molar-refractivity contribution in [1.29, 1.82) is 0 Å². The largest absolute Gasteiger partial charge is 0.337 e. The summed E-state index contributed by atoms with van der Waals surface area (Å²) in [6, 6.07) is 13.8. The average Bonchev–Trinajstić information content (AvgIpc) is 3.21. The highest BCUT2D eigenvalue weighted by atomic mass is 79.9. The first-order valence-corrected chi connectivity index (χ1v) is 9.53. The molecule has 2 aromatic carbocycles. The number of aromatic nitrogens is 2. The highest BCUT2D eigenvalue weighted by molar-refractivity contribution is 9.10. The van der Waals surface area contributed by atoms with Gasteiger partial charge in [-0.15, -0.1) is 0 Å². The van der Waals surface area contributed by atoms with Crippen molar-refractivity contribution in [2.75, 3.05) is 0 Å². The second kappa shape index (κ2) is 7.03. The first kappa shape index (κ1) is 18.6. The first-order valence-electron chi connectivity index (χ1n) is 8.36. The van der Waals surface area contributed by atoms with E-state index in [1.807, 2.05) is 6.07 Å². The number of nitrogens with zero attached hydrogens (tertiary/aromatic N) is 3. The summed E-state index contributed by atoms with van der Waals surface area (Å²) in [5.74, 6) is 0.0346. The minimum Gasteiger partial charge on any atom is -0.337 e. The van der Waals surface area contributed by atoms with E-state index >= 15 is 0 Å². The molecule has 2 heterocycles. The summed E-state index contributed by atoms with van der Waals surface area (Å²) in [6.07, 6.45) is 0. The number of benzene rings is 2. The van der Waals surface area contributed by atoms with E-state index in [2.05, 4.69) is 31.4 Å². The van der Waals surface area contributed by atoms with Crippen LogP contribution >= 0.6 is 27.5 Å². The maximum absolute atomic E-state index is 13.0. The number of urea groups is 1. The minimum atomic E-state index is -1.17. The second-order valence-electron chi connectivity index (χ2n) is 6.45. The van der Waals surface area contributed by atoms with Gasteiger partial charge in [-0.25, -0.2) is 4.79 Å². The Hall–Kier alpha value is -2.71. The van der Waals surface area contributed by atoms with Gasteiger partial charge in [0.2, 0.25) is 11.7 Å². The molecule has 28 heavy (non-hydrogen) atoms. The maximum atomic E-state index is 13.0. The van der Waals surface area contributed by atoms with Crippen molar-refractivity contribution < 1.29 is 14.1 Å². The van der Waals surface area contributed by atoms with Gasteiger partial charge < -0.3 is 9.84 Å². The number of rotatable bonds is 4. The summed E-state index contributed by atoms with van der Waals surface area (Å²) in [6.45, 7) is 1.53. The summed E-state index contributed by atoms with van der Waals surface area (Å²) < 4.78 is 6.04. The van der Waals surface area contributed by atoms with Crippen molar-refractivity contribution >= 4 is 39.5 Å². The molecule has 1 saturated heterocycles. The average molecular weight is 462 g/mol. The zero-order valence-electron chi connectivity index (χ0n) is 14.6. The summed E-state index contributed by atoms with van der Waals surface area (Å²) in [7, 11) is 0. The molecule has 0 saturated carbocycles. The minimum absolute atomic E-state index is 0.133. The third-order valence-corrected chi connectivity index (χ3v) is 5.38. The van der Waals surface area contributed by atoms with Gasteiger partial charge in [0.1, 0.15) is 12.1 Å². The van der Waals surface area contributed by atoms with E-state index in [4.69, 9.17) is 16.1 Å². The van der Waals surface area contributed by atoms with Crippen LogP contribution in [0.4, 0.5) is 4.79 Å². The zero-order chi connectivity index (χ0) is 19.9. The number of nitrogens with one attached hydrogen (secondary N) is 1. The van der Waals surface area contributed by atoms with Gasteiger partial charge in [0.15, 0.2) is 0 Å².